The zero-order valence-corrected chi connectivity index (χ0v) is 20.0. The van der Waals surface area contributed by atoms with Gasteiger partial charge in [0.25, 0.3) is 5.91 Å². The quantitative estimate of drug-likeness (QED) is 0.625. The highest BCUT2D eigenvalue weighted by Gasteiger charge is 2.27. The number of rotatable bonds is 5. The van der Waals surface area contributed by atoms with Crippen LogP contribution < -0.4 is 16.0 Å². The third kappa shape index (κ3) is 7.02. The second-order valence-corrected chi connectivity index (χ2v) is 9.41. The zero-order valence-electron chi connectivity index (χ0n) is 20.0. The number of urea groups is 1. The summed E-state index contributed by atoms with van der Waals surface area (Å²) in [5.41, 5.74) is 1.06. The molecule has 1 aliphatic heterocycles. The van der Waals surface area contributed by atoms with Crippen molar-refractivity contribution in [1.82, 2.24) is 15.1 Å². The van der Waals surface area contributed by atoms with Crippen molar-refractivity contribution >= 4 is 29.2 Å². The number of halogens is 1. The van der Waals surface area contributed by atoms with E-state index in [0.29, 0.717) is 43.1 Å². The van der Waals surface area contributed by atoms with Crippen LogP contribution in [0.4, 0.5) is 20.6 Å². The Hall–Kier alpha value is -3.46. The fourth-order valence-corrected chi connectivity index (χ4v) is 3.64. The van der Waals surface area contributed by atoms with Gasteiger partial charge in [0.05, 0.1) is 6.04 Å². The van der Waals surface area contributed by atoms with Crippen molar-refractivity contribution in [2.24, 2.45) is 0 Å². The van der Waals surface area contributed by atoms with Crippen LogP contribution >= 0.6 is 0 Å². The van der Waals surface area contributed by atoms with Gasteiger partial charge in [-0.1, -0.05) is 12.1 Å². The van der Waals surface area contributed by atoms with E-state index in [4.69, 9.17) is 0 Å². The van der Waals surface area contributed by atoms with Gasteiger partial charge in [0.2, 0.25) is 5.91 Å². The van der Waals surface area contributed by atoms with Crippen LogP contribution in [0.2, 0.25) is 0 Å². The van der Waals surface area contributed by atoms with Crippen molar-refractivity contribution in [2.75, 3.05) is 36.8 Å². The zero-order chi connectivity index (χ0) is 24.9. The molecule has 1 fully saturated rings. The van der Waals surface area contributed by atoms with E-state index in [9.17, 15) is 18.8 Å². The highest BCUT2D eigenvalue weighted by atomic mass is 19.1. The number of hydrogen-bond acceptors (Lipinski definition) is 4. The molecule has 0 aromatic heterocycles. The minimum absolute atomic E-state index is 0.206. The third-order valence-electron chi connectivity index (χ3n) is 5.49. The summed E-state index contributed by atoms with van der Waals surface area (Å²) in [4.78, 5) is 41.3. The summed E-state index contributed by atoms with van der Waals surface area (Å²) in [6.07, 6.45) is 0. The van der Waals surface area contributed by atoms with Crippen LogP contribution in [-0.2, 0) is 4.79 Å². The number of hydrogen-bond donors (Lipinski definition) is 3. The molecule has 3 rings (SSSR count). The number of anilines is 2. The van der Waals surface area contributed by atoms with E-state index in [1.807, 2.05) is 25.7 Å². The second-order valence-electron chi connectivity index (χ2n) is 9.41. The molecule has 182 valence electrons. The van der Waals surface area contributed by atoms with Crippen LogP contribution in [0, 0.1) is 5.82 Å². The average Bonchev–Trinajstić information content (AvgIpc) is 2.77. The number of carbonyl (C=O) groups excluding carboxylic acids is 3. The molecule has 2 aromatic rings. The third-order valence-corrected chi connectivity index (χ3v) is 5.49. The summed E-state index contributed by atoms with van der Waals surface area (Å²) in [5, 5.41) is 8.48. The number of benzene rings is 2. The Morgan fingerprint density at radius 1 is 0.912 bits per heavy atom. The van der Waals surface area contributed by atoms with E-state index < -0.39 is 11.9 Å². The van der Waals surface area contributed by atoms with Gasteiger partial charge in [-0.25, -0.2) is 9.18 Å². The highest BCUT2D eigenvalue weighted by Crippen LogP contribution is 2.15. The summed E-state index contributed by atoms with van der Waals surface area (Å²) < 4.78 is 13.4. The smallest absolute Gasteiger partial charge is 0.321 e. The molecule has 9 heteroatoms. The average molecular weight is 470 g/mol. The molecule has 34 heavy (non-hydrogen) atoms. The molecule has 1 atom stereocenters. The number of piperazine rings is 1. The molecule has 1 unspecified atom stereocenters. The van der Waals surface area contributed by atoms with Gasteiger partial charge >= 0.3 is 6.03 Å². The number of nitrogens with zero attached hydrogens (tertiary/aromatic N) is 2. The van der Waals surface area contributed by atoms with Crippen molar-refractivity contribution in [1.29, 1.82) is 0 Å². The molecule has 4 amide bonds. The molecule has 0 radical (unpaired) electrons. The first-order valence-electron chi connectivity index (χ1n) is 11.3. The molecular formula is C25H32FN5O3. The Labute approximate surface area is 199 Å². The monoisotopic (exact) mass is 469 g/mol. The van der Waals surface area contributed by atoms with Crippen molar-refractivity contribution in [3.05, 3.63) is 59.9 Å². The lowest BCUT2D eigenvalue weighted by molar-refractivity contribution is -0.121. The molecule has 8 nitrogen and oxygen atoms in total. The van der Waals surface area contributed by atoms with E-state index >= 15 is 0 Å². The highest BCUT2D eigenvalue weighted by molar-refractivity contribution is 5.97. The topological polar surface area (TPSA) is 93.8 Å². The van der Waals surface area contributed by atoms with Gasteiger partial charge in [0.15, 0.2) is 0 Å². The summed E-state index contributed by atoms with van der Waals surface area (Å²) in [5.74, 6) is -0.845. The molecule has 1 heterocycles. The Kier molecular flexibility index (Phi) is 7.88. The fraction of sp³-hybridized carbons (Fsp3) is 0.400. The van der Waals surface area contributed by atoms with Crippen LogP contribution in [0.1, 0.15) is 38.1 Å². The lowest BCUT2D eigenvalue weighted by Gasteiger charge is -2.37. The van der Waals surface area contributed by atoms with E-state index in [2.05, 4.69) is 16.0 Å². The molecule has 0 bridgehead atoms. The maximum atomic E-state index is 13.4. The van der Waals surface area contributed by atoms with Gasteiger partial charge < -0.3 is 20.9 Å². The van der Waals surface area contributed by atoms with Crippen LogP contribution in [0.15, 0.2) is 48.5 Å². The van der Waals surface area contributed by atoms with Gasteiger partial charge in [-0.3, -0.25) is 14.5 Å². The fourth-order valence-electron chi connectivity index (χ4n) is 3.64. The summed E-state index contributed by atoms with van der Waals surface area (Å²) in [7, 11) is 0. The molecule has 2 aromatic carbocycles. The second kappa shape index (κ2) is 10.6. The number of carbonyl (C=O) groups is 3. The SMILES string of the molecule is CC(C(=O)Nc1cccc(F)c1)N1CCN(C(=O)Nc2cccc(C(=O)NC(C)(C)C)c2)CC1. The Balaban J connectivity index is 1.51. The van der Waals surface area contributed by atoms with Crippen LogP contribution in [0.5, 0.6) is 0 Å². The van der Waals surface area contributed by atoms with Gasteiger partial charge in [-0.15, -0.1) is 0 Å². The van der Waals surface area contributed by atoms with Crippen molar-refractivity contribution < 1.29 is 18.8 Å². The summed E-state index contributed by atoms with van der Waals surface area (Å²) in [6, 6.07) is 11.9. The predicted molar refractivity (Wildman–Crippen MR) is 130 cm³/mol. The maximum absolute atomic E-state index is 13.4. The summed E-state index contributed by atoms with van der Waals surface area (Å²) >= 11 is 0. The molecule has 3 N–H and O–H groups in total. The predicted octanol–water partition coefficient (Wildman–Crippen LogP) is 3.53. The number of nitrogens with one attached hydrogen (secondary N) is 3. The normalized spacial score (nSPS) is 15.4. The van der Waals surface area contributed by atoms with Crippen molar-refractivity contribution in [3.8, 4) is 0 Å². The van der Waals surface area contributed by atoms with Gasteiger partial charge in [0, 0.05) is 48.7 Å². The molecular weight excluding hydrogens is 437 g/mol. The number of amides is 4. The van der Waals surface area contributed by atoms with Gasteiger partial charge in [-0.05, 0) is 64.1 Å². The van der Waals surface area contributed by atoms with Crippen LogP contribution in [-0.4, -0.2) is 65.4 Å². The standard InChI is InChI=1S/C25H32FN5O3/c1-17(22(32)27-21-10-6-8-19(26)16-21)30-11-13-31(14-12-30)24(34)28-20-9-5-7-18(15-20)23(33)29-25(2,3)4/h5-10,15-17H,11-14H2,1-4H3,(H,27,32)(H,28,34)(H,29,33). The molecule has 0 saturated carbocycles. The largest absolute Gasteiger partial charge is 0.347 e. The minimum atomic E-state index is -0.425. The Morgan fingerprint density at radius 3 is 2.15 bits per heavy atom. The summed E-state index contributed by atoms with van der Waals surface area (Å²) in [6.45, 7) is 9.46. The molecule has 1 saturated heterocycles. The van der Waals surface area contributed by atoms with E-state index in [1.165, 1.54) is 12.1 Å². The minimum Gasteiger partial charge on any atom is -0.347 e. The lowest BCUT2D eigenvalue weighted by Crippen LogP contribution is -2.54. The van der Waals surface area contributed by atoms with E-state index in [-0.39, 0.29) is 23.4 Å². The van der Waals surface area contributed by atoms with Crippen LogP contribution in [0.3, 0.4) is 0 Å². The first-order valence-corrected chi connectivity index (χ1v) is 11.3. The molecule has 1 aliphatic rings. The van der Waals surface area contributed by atoms with Gasteiger partial charge in [-0.2, -0.15) is 0 Å². The van der Waals surface area contributed by atoms with E-state index in [1.54, 1.807) is 48.2 Å². The Bertz CT molecular complexity index is 1040. The van der Waals surface area contributed by atoms with Gasteiger partial charge in [0.1, 0.15) is 5.82 Å². The van der Waals surface area contributed by atoms with Crippen molar-refractivity contribution in [3.63, 3.8) is 0 Å². The molecule has 0 spiro atoms. The molecule has 0 aliphatic carbocycles. The van der Waals surface area contributed by atoms with Crippen LogP contribution in [0.25, 0.3) is 0 Å². The maximum Gasteiger partial charge on any atom is 0.321 e. The first-order chi connectivity index (χ1) is 16.0. The van der Waals surface area contributed by atoms with E-state index in [0.717, 1.165) is 0 Å². The Morgan fingerprint density at radius 2 is 1.53 bits per heavy atom. The van der Waals surface area contributed by atoms with Crippen molar-refractivity contribution in [2.45, 2.75) is 39.3 Å². The first kappa shape index (κ1) is 25.2. The lowest BCUT2D eigenvalue weighted by atomic mass is 10.1.